The number of hydrogen-bond acceptors (Lipinski definition) is 3. The van der Waals surface area contributed by atoms with Crippen LogP contribution in [0.1, 0.15) is 5.56 Å². The largest absolute Gasteiger partial charge is 0.308 e. The molecule has 0 N–H and O–H groups in total. The summed E-state index contributed by atoms with van der Waals surface area (Å²) >= 11 is 3.65. The number of nitriles is 1. The average molecular weight is 963 g/mol. The SMILES string of the molecule is N#Cc1c(-n2c3ccccc3c3ccccc32)c(-c2ccc3c(c2)sc2ccccc23)c(-n2c3ccccc3c3ccccc32)c(-c2ccc3c(c2)sc2ccccc23)c1-n1c2ccccc2c2ccccc21. The molecule has 0 spiro atoms. The standard InChI is InChI=1S/C67H38N4S2/c68-39-52-65(69-53-25-9-1-17-42(53)43-18-2-10-26-54(43)69)63(40-33-35-50-48-23-7-15-31-59(48)72-61(50)37-40)67(71-57-29-13-5-21-46(57)47-22-6-14-30-58(47)71)64(41-34-36-51-49-24-8-16-32-60(49)73-62(51)38-41)66(52)70-55-27-11-3-19-44(55)45-20-4-12-28-56(45)70/h1-38H. The molecule has 0 aliphatic carbocycles. The Hall–Kier alpha value is -9.25. The summed E-state index contributed by atoms with van der Waals surface area (Å²) in [6.07, 6.45) is 0. The van der Waals surface area contributed by atoms with Gasteiger partial charge in [-0.2, -0.15) is 5.26 Å². The minimum Gasteiger partial charge on any atom is -0.308 e. The second-order valence-corrected chi connectivity index (χ2v) is 21.2. The molecule has 338 valence electrons. The van der Waals surface area contributed by atoms with Crippen molar-refractivity contribution in [1.82, 2.24) is 13.7 Å². The topological polar surface area (TPSA) is 38.6 Å². The molecular formula is C67H38N4S2. The van der Waals surface area contributed by atoms with Gasteiger partial charge in [-0.05, 0) is 71.8 Å². The van der Waals surface area contributed by atoms with Gasteiger partial charge in [0, 0.05) is 83.8 Å². The molecule has 16 rings (SSSR count). The Morgan fingerprint density at radius 2 is 0.548 bits per heavy atom. The number of fused-ring (bicyclic) bond motifs is 15. The van der Waals surface area contributed by atoms with Crippen LogP contribution in [0.15, 0.2) is 231 Å². The number of para-hydroxylation sites is 6. The van der Waals surface area contributed by atoms with Crippen molar-refractivity contribution in [1.29, 1.82) is 5.26 Å². The Morgan fingerprint density at radius 3 is 0.877 bits per heavy atom. The Labute approximate surface area is 426 Å². The van der Waals surface area contributed by atoms with Gasteiger partial charge >= 0.3 is 0 Å². The summed E-state index contributed by atoms with van der Waals surface area (Å²) in [5, 5.41) is 24.4. The van der Waals surface area contributed by atoms with Crippen molar-refractivity contribution in [2.24, 2.45) is 0 Å². The third-order valence-corrected chi connectivity index (χ3v) is 17.5. The molecule has 0 amide bonds. The van der Waals surface area contributed by atoms with Crippen LogP contribution < -0.4 is 0 Å². The highest BCUT2D eigenvalue weighted by Crippen LogP contribution is 2.53. The van der Waals surface area contributed by atoms with E-state index in [0.29, 0.717) is 5.56 Å². The fraction of sp³-hybridized carbons (Fsp3) is 0. The number of nitrogens with zero attached hydrogens (tertiary/aromatic N) is 4. The van der Waals surface area contributed by atoms with E-state index < -0.39 is 0 Å². The molecule has 4 nitrogen and oxygen atoms in total. The fourth-order valence-electron chi connectivity index (χ4n) is 12.3. The molecule has 73 heavy (non-hydrogen) atoms. The van der Waals surface area contributed by atoms with Gasteiger partial charge in [0.25, 0.3) is 0 Å². The number of benzene rings is 11. The maximum Gasteiger partial charge on any atom is 0.104 e. The summed E-state index contributed by atoms with van der Waals surface area (Å²) in [6, 6.07) is 87.0. The van der Waals surface area contributed by atoms with Gasteiger partial charge in [0.2, 0.25) is 0 Å². The number of thiophene rings is 2. The normalized spacial score (nSPS) is 12.1. The zero-order valence-corrected chi connectivity index (χ0v) is 40.7. The first-order valence-corrected chi connectivity index (χ1v) is 26.3. The van der Waals surface area contributed by atoms with E-state index in [-0.39, 0.29) is 0 Å². The lowest BCUT2D eigenvalue weighted by Gasteiger charge is -2.28. The van der Waals surface area contributed by atoms with Crippen LogP contribution >= 0.6 is 22.7 Å². The second-order valence-electron chi connectivity index (χ2n) is 19.0. The second kappa shape index (κ2) is 15.4. The van der Waals surface area contributed by atoms with Crippen LogP contribution in [0.3, 0.4) is 0 Å². The summed E-state index contributed by atoms with van der Waals surface area (Å²) in [5.41, 5.74) is 13.6. The molecule has 16 aromatic rings. The number of hydrogen-bond donors (Lipinski definition) is 0. The van der Waals surface area contributed by atoms with Gasteiger partial charge in [-0.25, -0.2) is 0 Å². The van der Waals surface area contributed by atoms with Crippen LogP contribution in [0, 0.1) is 11.3 Å². The molecular weight excluding hydrogens is 925 g/mol. The quantitative estimate of drug-likeness (QED) is 0.169. The first kappa shape index (κ1) is 40.5. The monoisotopic (exact) mass is 962 g/mol. The van der Waals surface area contributed by atoms with Crippen LogP contribution in [0.25, 0.3) is 145 Å². The zero-order valence-electron chi connectivity index (χ0n) is 39.0. The lowest BCUT2D eigenvalue weighted by molar-refractivity contribution is 1.09. The van der Waals surface area contributed by atoms with Gasteiger partial charge in [-0.1, -0.05) is 170 Å². The summed E-state index contributed by atoms with van der Waals surface area (Å²) in [4.78, 5) is 0. The molecule has 0 bridgehead atoms. The lowest BCUT2D eigenvalue weighted by Crippen LogP contribution is -2.13. The first-order valence-electron chi connectivity index (χ1n) is 24.6. The highest BCUT2D eigenvalue weighted by molar-refractivity contribution is 7.26. The number of rotatable bonds is 5. The Balaban J connectivity index is 1.23. The van der Waals surface area contributed by atoms with E-state index in [2.05, 4.69) is 250 Å². The Bertz CT molecular complexity index is 4650. The first-order chi connectivity index (χ1) is 36.2. The van der Waals surface area contributed by atoms with Crippen LogP contribution in [0.5, 0.6) is 0 Å². The molecule has 11 aromatic carbocycles. The third kappa shape index (κ3) is 5.63. The molecule has 0 saturated heterocycles. The predicted octanol–water partition coefficient (Wildman–Crippen LogP) is 18.9. The van der Waals surface area contributed by atoms with Crippen molar-refractivity contribution in [3.63, 3.8) is 0 Å². The van der Waals surface area contributed by atoms with E-state index >= 15 is 0 Å². The summed E-state index contributed by atoms with van der Waals surface area (Å²) in [5.74, 6) is 0. The molecule has 0 saturated carbocycles. The molecule has 0 aliphatic rings. The highest BCUT2D eigenvalue weighted by atomic mass is 32.1. The van der Waals surface area contributed by atoms with Gasteiger partial charge in [0.15, 0.2) is 0 Å². The van der Waals surface area contributed by atoms with Crippen molar-refractivity contribution < 1.29 is 0 Å². The maximum atomic E-state index is 12.6. The average Bonchev–Trinajstić information content (AvgIpc) is 4.26. The summed E-state index contributed by atoms with van der Waals surface area (Å²) < 4.78 is 12.2. The van der Waals surface area contributed by atoms with E-state index in [4.69, 9.17) is 0 Å². The Kier molecular flexibility index (Phi) is 8.52. The molecule has 0 radical (unpaired) electrons. The van der Waals surface area contributed by atoms with Gasteiger partial charge < -0.3 is 13.7 Å². The Morgan fingerprint density at radius 1 is 0.274 bits per heavy atom. The van der Waals surface area contributed by atoms with Crippen molar-refractivity contribution in [3.8, 4) is 45.4 Å². The van der Waals surface area contributed by atoms with Crippen molar-refractivity contribution in [2.45, 2.75) is 0 Å². The van der Waals surface area contributed by atoms with Gasteiger partial charge in [0.1, 0.15) is 11.6 Å². The molecule has 0 fully saturated rings. The van der Waals surface area contributed by atoms with Gasteiger partial charge in [0.05, 0.1) is 50.2 Å². The number of aromatic nitrogens is 3. The van der Waals surface area contributed by atoms with Crippen LogP contribution in [-0.4, -0.2) is 13.7 Å². The van der Waals surface area contributed by atoms with E-state index in [9.17, 15) is 5.26 Å². The van der Waals surface area contributed by atoms with E-state index in [0.717, 1.165) is 105 Å². The summed E-state index contributed by atoms with van der Waals surface area (Å²) in [7, 11) is 0. The highest BCUT2D eigenvalue weighted by Gasteiger charge is 2.34. The summed E-state index contributed by atoms with van der Waals surface area (Å²) in [6.45, 7) is 0. The van der Waals surface area contributed by atoms with E-state index in [1.165, 1.54) is 40.3 Å². The molecule has 0 atom stereocenters. The maximum absolute atomic E-state index is 12.6. The van der Waals surface area contributed by atoms with Crippen molar-refractivity contribution >= 4 is 128 Å². The van der Waals surface area contributed by atoms with Crippen LogP contribution in [0.2, 0.25) is 0 Å². The van der Waals surface area contributed by atoms with Crippen LogP contribution in [0.4, 0.5) is 0 Å². The lowest BCUT2D eigenvalue weighted by atomic mass is 9.87. The minimum atomic E-state index is 0.584. The van der Waals surface area contributed by atoms with Crippen molar-refractivity contribution in [3.05, 3.63) is 236 Å². The van der Waals surface area contributed by atoms with Gasteiger partial charge in [-0.15, -0.1) is 22.7 Å². The molecule has 0 aliphatic heterocycles. The third-order valence-electron chi connectivity index (χ3n) is 15.3. The fourth-order valence-corrected chi connectivity index (χ4v) is 14.6. The zero-order chi connectivity index (χ0) is 47.9. The molecule has 0 unspecified atom stereocenters. The predicted molar refractivity (Wildman–Crippen MR) is 311 cm³/mol. The molecule has 5 aromatic heterocycles. The minimum absolute atomic E-state index is 0.584. The van der Waals surface area contributed by atoms with Crippen LogP contribution in [-0.2, 0) is 0 Å². The molecule has 6 heteroatoms. The molecule has 5 heterocycles. The van der Waals surface area contributed by atoms with Gasteiger partial charge in [-0.3, -0.25) is 0 Å². The smallest absolute Gasteiger partial charge is 0.104 e. The van der Waals surface area contributed by atoms with E-state index in [1.807, 2.05) is 22.7 Å². The van der Waals surface area contributed by atoms with E-state index in [1.54, 1.807) is 0 Å². The van der Waals surface area contributed by atoms with Crippen molar-refractivity contribution in [2.75, 3.05) is 0 Å².